The molecule has 0 aromatic heterocycles. The quantitative estimate of drug-likeness (QED) is 0.381. The Kier molecular flexibility index (Phi) is 6.84. The first-order valence-corrected chi connectivity index (χ1v) is 10.3. The molecule has 0 radical (unpaired) electrons. The zero-order valence-corrected chi connectivity index (χ0v) is 17.7. The van der Waals surface area contributed by atoms with Gasteiger partial charge < -0.3 is 10.1 Å². The molecule has 0 saturated carbocycles. The van der Waals surface area contributed by atoms with Crippen LogP contribution in [0.15, 0.2) is 54.6 Å². The van der Waals surface area contributed by atoms with Crippen molar-refractivity contribution in [2.75, 3.05) is 13.2 Å². The molecule has 1 aliphatic rings. The molecule has 1 aliphatic heterocycles. The van der Waals surface area contributed by atoms with Gasteiger partial charge in [0.15, 0.2) is 12.4 Å². The van der Waals surface area contributed by atoms with Crippen LogP contribution in [0.5, 0.6) is 0 Å². The number of ether oxygens (including phenoxy) is 1. The highest BCUT2D eigenvalue weighted by atomic mass is 16.5. The first-order valence-electron chi connectivity index (χ1n) is 10.3. The minimum absolute atomic E-state index is 0.346. The summed E-state index contributed by atoms with van der Waals surface area (Å²) in [7, 11) is 0. The first kappa shape index (κ1) is 22.2. The predicted molar refractivity (Wildman–Crippen MR) is 115 cm³/mol. The van der Waals surface area contributed by atoms with Crippen LogP contribution in [0, 0.1) is 0 Å². The lowest BCUT2D eigenvalue weighted by Crippen LogP contribution is -2.44. The van der Waals surface area contributed by atoms with Gasteiger partial charge in [-0.25, -0.2) is 4.79 Å². The predicted octanol–water partition coefficient (Wildman–Crippen LogP) is 2.92. The number of amides is 3. The lowest BCUT2D eigenvalue weighted by atomic mass is 9.93. The van der Waals surface area contributed by atoms with Crippen LogP contribution in [0.3, 0.4) is 0 Å². The summed E-state index contributed by atoms with van der Waals surface area (Å²) in [4.78, 5) is 50.3. The van der Waals surface area contributed by atoms with Gasteiger partial charge in [-0.15, -0.1) is 0 Å². The monoisotopic (exact) mass is 422 g/mol. The molecule has 3 amide bonds. The summed E-state index contributed by atoms with van der Waals surface area (Å²) >= 11 is 0. The van der Waals surface area contributed by atoms with E-state index in [4.69, 9.17) is 4.74 Å². The van der Waals surface area contributed by atoms with Crippen LogP contribution in [0.1, 0.15) is 41.8 Å². The maximum absolute atomic E-state index is 12.8. The summed E-state index contributed by atoms with van der Waals surface area (Å²) < 4.78 is 5.01. The van der Waals surface area contributed by atoms with Gasteiger partial charge in [0.05, 0.1) is 0 Å². The molecule has 1 saturated heterocycles. The molecule has 2 aromatic carbocycles. The van der Waals surface area contributed by atoms with Crippen LogP contribution in [0.4, 0.5) is 4.79 Å². The number of esters is 1. The van der Waals surface area contributed by atoms with E-state index in [0.29, 0.717) is 18.4 Å². The van der Waals surface area contributed by atoms with Crippen LogP contribution in [-0.2, 0) is 27.2 Å². The molecule has 7 heteroatoms. The Hall–Kier alpha value is -3.48. The summed E-state index contributed by atoms with van der Waals surface area (Å²) in [6.45, 7) is 2.68. The smallest absolute Gasteiger partial charge is 0.326 e. The molecule has 7 nitrogen and oxygen atoms in total. The molecular weight excluding hydrogens is 396 g/mol. The zero-order valence-electron chi connectivity index (χ0n) is 17.7. The number of rotatable bonds is 9. The second-order valence-corrected chi connectivity index (χ2v) is 7.77. The minimum atomic E-state index is -1.09. The van der Waals surface area contributed by atoms with Crippen molar-refractivity contribution in [2.45, 2.75) is 38.6 Å². The second-order valence-electron chi connectivity index (χ2n) is 7.77. The highest BCUT2D eigenvalue weighted by molar-refractivity contribution is 6.08. The Morgan fingerprint density at radius 3 is 2.32 bits per heavy atom. The number of aryl methyl sites for hydroxylation is 2. The fraction of sp³-hybridized carbons (Fsp3) is 0.333. The Balaban J connectivity index is 1.52. The largest absolute Gasteiger partial charge is 0.456 e. The molecule has 1 fully saturated rings. The van der Waals surface area contributed by atoms with Gasteiger partial charge in [-0.1, -0.05) is 61.5 Å². The van der Waals surface area contributed by atoms with Crippen LogP contribution in [-0.4, -0.2) is 47.3 Å². The van der Waals surface area contributed by atoms with Crippen LogP contribution >= 0.6 is 0 Å². The average molecular weight is 422 g/mol. The Labute approximate surface area is 181 Å². The van der Waals surface area contributed by atoms with Gasteiger partial charge in [-0.05, 0) is 37.3 Å². The number of hydrogen-bond donors (Lipinski definition) is 1. The molecule has 2 aromatic rings. The third-order valence-corrected chi connectivity index (χ3v) is 5.44. The highest BCUT2D eigenvalue weighted by Crippen LogP contribution is 2.23. The number of benzene rings is 2. The van der Waals surface area contributed by atoms with Crippen molar-refractivity contribution >= 4 is 23.7 Å². The summed E-state index contributed by atoms with van der Waals surface area (Å²) in [5, 5.41) is 2.67. The molecule has 31 heavy (non-hydrogen) atoms. The number of hydrogen-bond acceptors (Lipinski definition) is 5. The van der Waals surface area contributed by atoms with Crippen LogP contribution in [0.2, 0.25) is 0 Å². The summed E-state index contributed by atoms with van der Waals surface area (Å²) in [5.41, 5.74) is 1.49. The summed E-state index contributed by atoms with van der Waals surface area (Å²) in [5.74, 6) is -1.64. The number of imide groups is 1. The molecule has 162 valence electrons. The van der Waals surface area contributed by atoms with Gasteiger partial charge in [0.1, 0.15) is 12.1 Å². The first-order chi connectivity index (χ1) is 14.8. The van der Waals surface area contributed by atoms with Crippen molar-refractivity contribution in [1.29, 1.82) is 0 Å². The molecule has 0 bridgehead atoms. The molecule has 1 N–H and O–H groups in total. The molecule has 0 unspecified atom stereocenters. The number of carbonyl (C=O) groups excluding carboxylic acids is 4. The molecular formula is C24H26N2O5. The fourth-order valence-electron chi connectivity index (χ4n) is 3.43. The van der Waals surface area contributed by atoms with Crippen molar-refractivity contribution in [3.63, 3.8) is 0 Å². The van der Waals surface area contributed by atoms with Crippen molar-refractivity contribution < 1.29 is 23.9 Å². The molecule has 1 heterocycles. The average Bonchev–Trinajstić information content (AvgIpc) is 3.00. The minimum Gasteiger partial charge on any atom is -0.456 e. The second kappa shape index (κ2) is 9.55. The van der Waals surface area contributed by atoms with Crippen molar-refractivity contribution in [2.24, 2.45) is 0 Å². The van der Waals surface area contributed by atoms with E-state index in [9.17, 15) is 19.2 Å². The third-order valence-electron chi connectivity index (χ3n) is 5.44. The lowest BCUT2D eigenvalue weighted by Gasteiger charge is -2.21. The van der Waals surface area contributed by atoms with Gasteiger partial charge in [0.25, 0.3) is 5.91 Å². The maximum atomic E-state index is 12.8. The number of nitrogens with one attached hydrogen (secondary N) is 1. The maximum Gasteiger partial charge on any atom is 0.326 e. The molecule has 0 aliphatic carbocycles. The van der Waals surface area contributed by atoms with Gasteiger partial charge in [-0.3, -0.25) is 19.3 Å². The SMILES string of the molecule is CCc1ccc(C(=O)COC(=O)CN2C(=O)N[C@@](C)(CCc3ccccc3)C2=O)cc1. The third kappa shape index (κ3) is 5.36. The topological polar surface area (TPSA) is 92.8 Å². The van der Waals surface area contributed by atoms with E-state index < -0.39 is 36.6 Å². The highest BCUT2D eigenvalue weighted by Gasteiger charge is 2.48. The van der Waals surface area contributed by atoms with E-state index in [-0.39, 0.29) is 5.78 Å². The van der Waals surface area contributed by atoms with Crippen molar-refractivity contribution in [3.8, 4) is 0 Å². The van der Waals surface area contributed by atoms with Gasteiger partial charge >= 0.3 is 12.0 Å². The number of Topliss-reactive ketones (excluding diaryl/α,β-unsaturated/α-hetero) is 1. The normalized spacial score (nSPS) is 18.1. The standard InChI is InChI=1S/C24H26N2O5/c1-3-17-9-11-19(12-10-17)20(27)16-31-21(28)15-26-22(29)24(2,25-23(26)30)14-13-18-7-5-4-6-8-18/h4-12H,3,13-16H2,1-2H3,(H,25,30)/t24-/m0/s1. The van der Waals surface area contributed by atoms with Crippen LogP contribution in [0.25, 0.3) is 0 Å². The fourth-order valence-corrected chi connectivity index (χ4v) is 3.43. The van der Waals surface area contributed by atoms with E-state index in [0.717, 1.165) is 22.4 Å². The molecule has 0 spiro atoms. The van der Waals surface area contributed by atoms with E-state index in [1.807, 2.05) is 49.4 Å². The van der Waals surface area contributed by atoms with Crippen molar-refractivity contribution in [3.05, 3.63) is 71.3 Å². The van der Waals surface area contributed by atoms with Crippen molar-refractivity contribution in [1.82, 2.24) is 10.2 Å². The van der Waals surface area contributed by atoms with Gasteiger partial charge in [0, 0.05) is 5.56 Å². The summed E-state index contributed by atoms with van der Waals surface area (Å²) in [6, 6.07) is 16.1. The Bertz CT molecular complexity index is 971. The van der Waals surface area contributed by atoms with E-state index >= 15 is 0 Å². The van der Waals surface area contributed by atoms with E-state index in [1.165, 1.54) is 0 Å². The number of carbonyl (C=O) groups is 4. The number of ketones is 1. The molecule has 1 atom stereocenters. The molecule has 3 rings (SSSR count). The Morgan fingerprint density at radius 1 is 1.00 bits per heavy atom. The number of urea groups is 1. The van der Waals surface area contributed by atoms with Crippen LogP contribution < -0.4 is 5.32 Å². The van der Waals surface area contributed by atoms with E-state index in [1.54, 1.807) is 19.1 Å². The van der Waals surface area contributed by atoms with Gasteiger partial charge in [-0.2, -0.15) is 0 Å². The number of nitrogens with zero attached hydrogens (tertiary/aromatic N) is 1. The zero-order chi connectivity index (χ0) is 22.4. The van der Waals surface area contributed by atoms with E-state index in [2.05, 4.69) is 5.32 Å². The lowest BCUT2D eigenvalue weighted by molar-refractivity contribution is -0.146. The summed E-state index contributed by atoms with van der Waals surface area (Å²) in [6.07, 6.45) is 1.87. The van der Waals surface area contributed by atoms with Gasteiger partial charge in [0.2, 0.25) is 0 Å². The Morgan fingerprint density at radius 2 is 1.68 bits per heavy atom.